The SMILES string of the molecule is COC(=O)c1cc(OC)cc(C#N)c1OC(F)(F)F. The van der Waals surface area contributed by atoms with E-state index in [9.17, 15) is 18.0 Å². The van der Waals surface area contributed by atoms with Crippen LogP contribution in [0.4, 0.5) is 13.2 Å². The Kier molecular flexibility index (Phi) is 4.22. The topological polar surface area (TPSA) is 68.5 Å². The predicted molar refractivity (Wildman–Crippen MR) is 55.7 cm³/mol. The predicted octanol–water partition coefficient (Wildman–Crippen LogP) is 2.25. The third-order valence-electron chi connectivity index (χ3n) is 2.04. The number of carbonyl (C=O) groups excluding carboxylic acids is 1. The molecule has 0 aliphatic rings. The van der Waals surface area contributed by atoms with Crippen LogP contribution in [0.3, 0.4) is 0 Å². The van der Waals surface area contributed by atoms with Crippen molar-refractivity contribution in [1.29, 1.82) is 5.26 Å². The highest BCUT2D eigenvalue weighted by molar-refractivity contribution is 5.94. The lowest BCUT2D eigenvalue weighted by atomic mass is 10.1. The standard InChI is InChI=1S/C11H8F3NO4/c1-17-7-3-6(5-15)9(19-11(12,13)14)8(4-7)10(16)18-2/h3-4H,1-2H3. The molecule has 19 heavy (non-hydrogen) atoms. The number of ether oxygens (including phenoxy) is 3. The molecule has 0 aliphatic carbocycles. The fourth-order valence-electron chi connectivity index (χ4n) is 1.29. The van der Waals surface area contributed by atoms with Crippen molar-refractivity contribution >= 4 is 5.97 Å². The summed E-state index contributed by atoms with van der Waals surface area (Å²) in [5.41, 5.74) is -1.03. The molecular weight excluding hydrogens is 267 g/mol. The maximum absolute atomic E-state index is 12.3. The average molecular weight is 275 g/mol. The Labute approximate surface area is 106 Å². The zero-order valence-electron chi connectivity index (χ0n) is 9.87. The lowest BCUT2D eigenvalue weighted by molar-refractivity contribution is -0.274. The maximum atomic E-state index is 12.3. The highest BCUT2D eigenvalue weighted by Crippen LogP contribution is 2.33. The normalized spacial score (nSPS) is 10.5. The number of rotatable bonds is 3. The first-order chi connectivity index (χ1) is 8.82. The van der Waals surface area contributed by atoms with Crippen LogP contribution in [0.25, 0.3) is 0 Å². The van der Waals surface area contributed by atoms with Crippen LogP contribution in [-0.4, -0.2) is 26.6 Å². The van der Waals surface area contributed by atoms with Gasteiger partial charge in [0.05, 0.1) is 19.8 Å². The van der Waals surface area contributed by atoms with E-state index in [0.717, 1.165) is 19.2 Å². The molecule has 0 amide bonds. The lowest BCUT2D eigenvalue weighted by Crippen LogP contribution is -2.20. The fraction of sp³-hybridized carbons (Fsp3) is 0.273. The Balaban J connectivity index is 3.47. The van der Waals surface area contributed by atoms with E-state index < -0.39 is 29.2 Å². The molecule has 8 heteroatoms. The van der Waals surface area contributed by atoms with Crippen molar-refractivity contribution < 1.29 is 32.2 Å². The number of hydrogen-bond acceptors (Lipinski definition) is 5. The molecule has 1 aromatic carbocycles. The maximum Gasteiger partial charge on any atom is 0.573 e. The highest BCUT2D eigenvalue weighted by Gasteiger charge is 2.35. The minimum Gasteiger partial charge on any atom is -0.497 e. The fourth-order valence-corrected chi connectivity index (χ4v) is 1.29. The van der Waals surface area contributed by atoms with Crippen LogP contribution in [-0.2, 0) is 4.74 Å². The molecule has 0 N–H and O–H groups in total. The van der Waals surface area contributed by atoms with Crippen molar-refractivity contribution in [3.05, 3.63) is 23.3 Å². The molecule has 0 spiro atoms. The van der Waals surface area contributed by atoms with Crippen LogP contribution in [0.5, 0.6) is 11.5 Å². The molecule has 0 saturated heterocycles. The first-order valence-corrected chi connectivity index (χ1v) is 4.78. The van der Waals surface area contributed by atoms with E-state index >= 15 is 0 Å². The number of methoxy groups -OCH3 is 2. The van der Waals surface area contributed by atoms with Crippen molar-refractivity contribution in [3.8, 4) is 17.6 Å². The zero-order chi connectivity index (χ0) is 14.6. The Bertz CT molecular complexity index is 534. The molecule has 0 aromatic heterocycles. The van der Waals surface area contributed by atoms with E-state index in [2.05, 4.69) is 9.47 Å². The Morgan fingerprint density at radius 3 is 2.37 bits per heavy atom. The molecule has 1 aromatic rings. The minimum atomic E-state index is -5.04. The van der Waals surface area contributed by atoms with Gasteiger partial charge in [-0.25, -0.2) is 4.79 Å². The van der Waals surface area contributed by atoms with Crippen molar-refractivity contribution in [3.63, 3.8) is 0 Å². The van der Waals surface area contributed by atoms with Gasteiger partial charge < -0.3 is 14.2 Å². The Morgan fingerprint density at radius 2 is 1.95 bits per heavy atom. The van der Waals surface area contributed by atoms with Crippen LogP contribution in [0.2, 0.25) is 0 Å². The summed E-state index contributed by atoms with van der Waals surface area (Å²) in [6.07, 6.45) is -5.04. The summed E-state index contributed by atoms with van der Waals surface area (Å²) in [6.45, 7) is 0. The number of hydrogen-bond donors (Lipinski definition) is 0. The van der Waals surface area contributed by atoms with Crippen molar-refractivity contribution in [2.45, 2.75) is 6.36 Å². The van der Waals surface area contributed by atoms with Gasteiger partial charge in [-0.15, -0.1) is 13.2 Å². The summed E-state index contributed by atoms with van der Waals surface area (Å²) in [5.74, 6) is -1.95. The molecule has 0 bridgehead atoms. The van der Waals surface area contributed by atoms with Crippen LogP contribution in [0.1, 0.15) is 15.9 Å². The summed E-state index contributed by atoms with van der Waals surface area (Å²) in [5, 5.41) is 8.81. The summed E-state index contributed by atoms with van der Waals surface area (Å²) in [4.78, 5) is 11.4. The number of esters is 1. The third-order valence-corrected chi connectivity index (χ3v) is 2.04. The Morgan fingerprint density at radius 1 is 1.32 bits per heavy atom. The number of carbonyl (C=O) groups is 1. The van der Waals surface area contributed by atoms with E-state index in [0.29, 0.717) is 0 Å². The molecule has 0 unspecified atom stereocenters. The largest absolute Gasteiger partial charge is 0.573 e. The molecule has 102 valence electrons. The molecule has 1 rings (SSSR count). The van der Waals surface area contributed by atoms with Gasteiger partial charge in [0.1, 0.15) is 17.4 Å². The van der Waals surface area contributed by atoms with Gasteiger partial charge in [0.25, 0.3) is 0 Å². The van der Waals surface area contributed by atoms with Gasteiger partial charge in [-0.05, 0) is 6.07 Å². The van der Waals surface area contributed by atoms with Gasteiger partial charge in [0, 0.05) is 6.07 Å². The first-order valence-electron chi connectivity index (χ1n) is 4.78. The van der Waals surface area contributed by atoms with Gasteiger partial charge in [-0.2, -0.15) is 5.26 Å². The first kappa shape index (κ1) is 14.6. The number of halogens is 3. The number of nitriles is 1. The number of nitrogens with zero attached hydrogens (tertiary/aromatic N) is 1. The Hall–Kier alpha value is -2.43. The van der Waals surface area contributed by atoms with Crippen molar-refractivity contribution in [1.82, 2.24) is 0 Å². The molecule has 0 atom stereocenters. The number of benzene rings is 1. The molecular formula is C11H8F3NO4. The summed E-state index contributed by atoms with van der Waals surface area (Å²) < 4.78 is 49.6. The summed E-state index contributed by atoms with van der Waals surface area (Å²) >= 11 is 0. The highest BCUT2D eigenvalue weighted by atomic mass is 19.4. The summed E-state index contributed by atoms with van der Waals surface area (Å²) in [6, 6.07) is 3.51. The quantitative estimate of drug-likeness (QED) is 0.791. The van der Waals surface area contributed by atoms with Crippen LogP contribution in [0.15, 0.2) is 12.1 Å². The second-order valence-corrected chi connectivity index (χ2v) is 3.20. The van der Waals surface area contributed by atoms with E-state index in [1.54, 1.807) is 0 Å². The van der Waals surface area contributed by atoms with E-state index in [1.165, 1.54) is 13.2 Å². The average Bonchev–Trinajstić information content (AvgIpc) is 2.36. The van der Waals surface area contributed by atoms with E-state index in [1.807, 2.05) is 0 Å². The molecule has 5 nitrogen and oxygen atoms in total. The van der Waals surface area contributed by atoms with E-state index in [-0.39, 0.29) is 5.75 Å². The third kappa shape index (κ3) is 3.51. The molecule has 0 fully saturated rings. The minimum absolute atomic E-state index is 0.0338. The van der Waals surface area contributed by atoms with Crippen LogP contribution in [0, 0.1) is 11.3 Å². The zero-order valence-corrected chi connectivity index (χ0v) is 9.87. The lowest BCUT2D eigenvalue weighted by Gasteiger charge is -2.14. The van der Waals surface area contributed by atoms with Crippen LogP contribution >= 0.6 is 0 Å². The van der Waals surface area contributed by atoms with Gasteiger partial charge in [0.15, 0.2) is 5.75 Å². The second-order valence-electron chi connectivity index (χ2n) is 3.20. The van der Waals surface area contributed by atoms with Crippen molar-refractivity contribution in [2.24, 2.45) is 0 Å². The second kappa shape index (κ2) is 5.48. The van der Waals surface area contributed by atoms with Gasteiger partial charge in [-0.1, -0.05) is 0 Å². The van der Waals surface area contributed by atoms with Gasteiger partial charge >= 0.3 is 12.3 Å². The summed E-state index contributed by atoms with van der Waals surface area (Å²) in [7, 11) is 2.23. The number of alkyl halides is 3. The van der Waals surface area contributed by atoms with Gasteiger partial charge in [0.2, 0.25) is 0 Å². The van der Waals surface area contributed by atoms with E-state index in [4.69, 9.17) is 10.00 Å². The molecule has 0 aliphatic heterocycles. The molecule has 0 heterocycles. The van der Waals surface area contributed by atoms with Crippen LogP contribution < -0.4 is 9.47 Å². The van der Waals surface area contributed by atoms with Crippen molar-refractivity contribution in [2.75, 3.05) is 14.2 Å². The monoisotopic (exact) mass is 275 g/mol. The molecule has 0 radical (unpaired) electrons. The molecule has 0 saturated carbocycles. The van der Waals surface area contributed by atoms with Gasteiger partial charge in [-0.3, -0.25) is 0 Å². The smallest absolute Gasteiger partial charge is 0.497 e.